The monoisotopic (exact) mass is 442 g/mol. The Morgan fingerprint density at radius 1 is 1.23 bits per heavy atom. The number of nitrogens with one attached hydrogen (secondary N) is 1. The number of thiazole rings is 1. The Kier molecular flexibility index (Phi) is 4.92. The number of carbonyl (C=O) groups is 1. The summed E-state index contributed by atoms with van der Waals surface area (Å²) in [5.74, 6) is 2.40. The van der Waals surface area contributed by atoms with Gasteiger partial charge in [-0.05, 0) is 36.8 Å². The van der Waals surface area contributed by atoms with Crippen molar-refractivity contribution in [3.05, 3.63) is 28.8 Å². The number of fused-ring (bicyclic) bond motifs is 4. The van der Waals surface area contributed by atoms with Crippen LogP contribution >= 0.6 is 11.3 Å². The first kappa shape index (κ1) is 20.6. The lowest BCUT2D eigenvalue weighted by Crippen LogP contribution is -2.50. The number of carbonyl (C=O) groups excluding carboxylic acids is 1. The van der Waals surface area contributed by atoms with Gasteiger partial charge in [0, 0.05) is 28.7 Å². The number of hydrogen-bond donors (Lipinski definition) is 1. The largest absolute Gasteiger partial charge is 0.497 e. The molecule has 3 aliphatic rings. The van der Waals surface area contributed by atoms with Gasteiger partial charge in [0.05, 0.1) is 31.5 Å². The highest BCUT2D eigenvalue weighted by molar-refractivity contribution is 7.15. The van der Waals surface area contributed by atoms with Crippen LogP contribution in [0.4, 0.5) is 10.8 Å². The Morgan fingerprint density at radius 2 is 2.03 bits per heavy atom. The molecule has 6 atom stereocenters. The minimum atomic E-state index is -0.0250. The van der Waals surface area contributed by atoms with Gasteiger partial charge in [0.15, 0.2) is 5.13 Å². The smallest absolute Gasteiger partial charge is 0.309 e. The number of benzene rings is 1. The Balaban J connectivity index is 1.47. The van der Waals surface area contributed by atoms with Gasteiger partial charge in [-0.25, -0.2) is 4.98 Å². The fourth-order valence-corrected chi connectivity index (χ4v) is 7.44. The van der Waals surface area contributed by atoms with E-state index >= 15 is 0 Å². The van der Waals surface area contributed by atoms with Crippen molar-refractivity contribution < 1.29 is 19.0 Å². The van der Waals surface area contributed by atoms with Crippen LogP contribution in [0.25, 0.3) is 0 Å². The van der Waals surface area contributed by atoms with E-state index in [0.717, 1.165) is 47.3 Å². The molecule has 1 saturated heterocycles. The molecule has 6 nitrogen and oxygen atoms in total. The van der Waals surface area contributed by atoms with E-state index < -0.39 is 0 Å². The molecular formula is C24H30N2O4S. The second-order valence-corrected chi connectivity index (χ2v) is 10.6. The summed E-state index contributed by atoms with van der Waals surface area (Å²) in [5.41, 5.74) is 2.12. The maximum Gasteiger partial charge on any atom is 0.309 e. The van der Waals surface area contributed by atoms with Crippen molar-refractivity contribution in [2.45, 2.75) is 52.1 Å². The molecule has 2 aliphatic carbocycles. The van der Waals surface area contributed by atoms with E-state index in [0.29, 0.717) is 11.8 Å². The number of rotatable bonds is 4. The molecule has 2 heterocycles. The molecule has 1 N–H and O–H groups in total. The molecule has 0 radical (unpaired) electrons. The highest BCUT2D eigenvalue weighted by atomic mass is 32.1. The quantitative estimate of drug-likeness (QED) is 0.660. The van der Waals surface area contributed by atoms with Crippen LogP contribution in [0.2, 0.25) is 0 Å². The molecule has 6 unspecified atom stereocenters. The third-order valence-electron chi connectivity index (χ3n) is 7.81. The molecule has 1 aliphatic heterocycles. The van der Waals surface area contributed by atoms with Crippen molar-refractivity contribution in [1.82, 2.24) is 4.98 Å². The van der Waals surface area contributed by atoms with Gasteiger partial charge in [0.1, 0.15) is 17.6 Å². The maximum atomic E-state index is 12.3. The van der Waals surface area contributed by atoms with Crippen molar-refractivity contribution in [2.75, 3.05) is 19.5 Å². The van der Waals surface area contributed by atoms with Crippen LogP contribution in [0.1, 0.15) is 50.1 Å². The van der Waals surface area contributed by atoms with Gasteiger partial charge in [-0.15, -0.1) is 11.3 Å². The molecule has 1 aromatic heterocycles. The lowest BCUT2D eigenvalue weighted by Gasteiger charge is -2.51. The van der Waals surface area contributed by atoms with Crippen molar-refractivity contribution in [2.24, 2.45) is 23.2 Å². The fourth-order valence-electron chi connectivity index (χ4n) is 6.16. The third-order valence-corrected chi connectivity index (χ3v) is 8.79. The number of aromatic nitrogens is 1. The Hall–Kier alpha value is -2.28. The minimum Gasteiger partial charge on any atom is -0.497 e. The van der Waals surface area contributed by atoms with Crippen molar-refractivity contribution >= 4 is 28.1 Å². The van der Waals surface area contributed by atoms with Crippen molar-refractivity contribution in [1.29, 1.82) is 0 Å². The van der Waals surface area contributed by atoms with E-state index in [1.165, 1.54) is 4.88 Å². The Labute approximate surface area is 187 Å². The lowest BCUT2D eigenvalue weighted by molar-refractivity contribution is -0.149. The molecule has 0 bridgehead atoms. The molecule has 166 valence electrons. The Bertz CT molecular complexity index is 1020. The van der Waals surface area contributed by atoms with E-state index in [4.69, 9.17) is 19.2 Å². The van der Waals surface area contributed by atoms with Gasteiger partial charge in [0.25, 0.3) is 0 Å². The van der Waals surface area contributed by atoms with Gasteiger partial charge < -0.3 is 19.5 Å². The normalized spacial score (nSPS) is 33.7. The van der Waals surface area contributed by atoms with Crippen molar-refractivity contribution in [3.63, 3.8) is 0 Å². The fraction of sp³-hybridized carbons (Fsp3) is 0.583. The predicted molar refractivity (Wildman–Crippen MR) is 120 cm³/mol. The summed E-state index contributed by atoms with van der Waals surface area (Å²) in [6.07, 6.45) is 3.20. The van der Waals surface area contributed by atoms with Crippen LogP contribution in [0.15, 0.2) is 18.2 Å². The number of esters is 1. The molecule has 0 spiro atoms. The zero-order chi connectivity index (χ0) is 21.9. The lowest BCUT2D eigenvalue weighted by atomic mass is 9.54. The standard InChI is InChI=1S/C24H30N2O4S/c1-12-15-8-9-24(3)11-18-20(13(2)19(24)21(15)30-22(12)27)26-23(31-18)25-16-10-14(28-4)6-7-17(16)29-5/h6-7,10,12-13,15,19,21H,8-9,11H2,1-5H3,(H,25,26). The van der Waals surface area contributed by atoms with E-state index in [9.17, 15) is 4.79 Å². The molecule has 0 amide bonds. The average Bonchev–Trinajstić information content (AvgIpc) is 3.27. The molecule has 1 saturated carbocycles. The number of methoxy groups -OCH3 is 2. The van der Waals surface area contributed by atoms with E-state index in [-0.39, 0.29) is 29.3 Å². The maximum absolute atomic E-state index is 12.3. The van der Waals surface area contributed by atoms with Crippen LogP contribution in [0.3, 0.4) is 0 Å². The number of hydrogen-bond acceptors (Lipinski definition) is 7. The van der Waals surface area contributed by atoms with Crippen LogP contribution in [0.5, 0.6) is 11.5 Å². The number of anilines is 2. The summed E-state index contributed by atoms with van der Waals surface area (Å²) in [7, 11) is 3.32. The molecule has 2 fully saturated rings. The molecular weight excluding hydrogens is 412 g/mol. The van der Waals surface area contributed by atoms with E-state index in [2.05, 4.69) is 19.2 Å². The summed E-state index contributed by atoms with van der Waals surface area (Å²) in [6, 6.07) is 5.70. The zero-order valence-electron chi connectivity index (χ0n) is 18.7. The van der Waals surface area contributed by atoms with Gasteiger partial charge in [-0.1, -0.05) is 20.8 Å². The van der Waals surface area contributed by atoms with E-state index in [1.54, 1.807) is 25.6 Å². The first-order chi connectivity index (χ1) is 14.8. The summed E-state index contributed by atoms with van der Waals surface area (Å²) < 4.78 is 16.8. The molecule has 5 rings (SSSR count). The van der Waals surface area contributed by atoms with Crippen LogP contribution in [0, 0.1) is 23.2 Å². The number of nitrogens with zero attached hydrogens (tertiary/aromatic N) is 1. The summed E-state index contributed by atoms with van der Waals surface area (Å²) >= 11 is 1.72. The molecule has 2 aromatic rings. The third kappa shape index (κ3) is 3.20. The summed E-state index contributed by atoms with van der Waals surface area (Å²) in [6.45, 7) is 6.67. The first-order valence-corrected chi connectivity index (χ1v) is 11.9. The minimum absolute atomic E-state index is 0.0105. The number of ether oxygens (including phenoxy) is 3. The summed E-state index contributed by atoms with van der Waals surface area (Å²) in [4.78, 5) is 18.7. The highest BCUT2D eigenvalue weighted by Gasteiger charge is 2.58. The first-order valence-electron chi connectivity index (χ1n) is 11.0. The molecule has 1 aromatic carbocycles. The topological polar surface area (TPSA) is 69.7 Å². The van der Waals surface area contributed by atoms with Gasteiger partial charge in [0.2, 0.25) is 0 Å². The zero-order valence-corrected chi connectivity index (χ0v) is 19.5. The molecule has 31 heavy (non-hydrogen) atoms. The predicted octanol–water partition coefficient (Wildman–Crippen LogP) is 5.16. The van der Waals surface area contributed by atoms with E-state index in [1.807, 2.05) is 25.1 Å². The second-order valence-electron chi connectivity index (χ2n) is 9.56. The van der Waals surface area contributed by atoms with Crippen molar-refractivity contribution in [3.8, 4) is 11.5 Å². The van der Waals surface area contributed by atoms with Crippen LogP contribution in [-0.4, -0.2) is 31.3 Å². The van der Waals surface area contributed by atoms with Crippen LogP contribution in [-0.2, 0) is 16.0 Å². The van der Waals surface area contributed by atoms with Gasteiger partial charge >= 0.3 is 5.97 Å². The summed E-state index contributed by atoms with van der Waals surface area (Å²) in [5, 5.41) is 4.31. The Morgan fingerprint density at radius 3 is 2.77 bits per heavy atom. The highest BCUT2D eigenvalue weighted by Crippen LogP contribution is 2.59. The second kappa shape index (κ2) is 7.40. The van der Waals surface area contributed by atoms with Gasteiger partial charge in [-0.3, -0.25) is 4.79 Å². The van der Waals surface area contributed by atoms with Crippen LogP contribution < -0.4 is 14.8 Å². The molecule has 7 heteroatoms. The SMILES string of the molecule is COc1ccc(OC)c(Nc2nc3c(s2)CC2(C)CCC4C(C)C(=O)OC4C2C3C)c1. The average molecular weight is 443 g/mol. The van der Waals surface area contributed by atoms with Gasteiger partial charge in [-0.2, -0.15) is 0 Å².